The van der Waals surface area contributed by atoms with Gasteiger partial charge in [0.2, 0.25) is 5.91 Å². The highest BCUT2D eigenvalue weighted by Gasteiger charge is 2.18. The highest BCUT2D eigenvalue weighted by Crippen LogP contribution is 2.23. The van der Waals surface area contributed by atoms with Crippen LogP contribution in [0.4, 0.5) is 10.1 Å². The fourth-order valence-corrected chi connectivity index (χ4v) is 2.79. The maximum absolute atomic E-state index is 13.2. The van der Waals surface area contributed by atoms with Crippen LogP contribution >= 0.6 is 0 Å². The van der Waals surface area contributed by atoms with E-state index in [0.29, 0.717) is 23.7 Å². The number of nitrogens with one attached hydrogen (secondary N) is 1. The van der Waals surface area contributed by atoms with Crippen LogP contribution < -0.4 is 15.8 Å². The van der Waals surface area contributed by atoms with E-state index >= 15 is 0 Å². The van der Waals surface area contributed by atoms with Gasteiger partial charge < -0.3 is 15.8 Å². The fourth-order valence-electron chi connectivity index (χ4n) is 2.79. The quantitative estimate of drug-likeness (QED) is 0.876. The van der Waals surface area contributed by atoms with Crippen molar-refractivity contribution in [3.63, 3.8) is 0 Å². The predicted octanol–water partition coefficient (Wildman–Crippen LogP) is 2.98. The van der Waals surface area contributed by atoms with E-state index in [0.717, 1.165) is 25.9 Å². The molecular formula is C19H22FN3O2. The lowest BCUT2D eigenvalue weighted by molar-refractivity contribution is -0.117. The van der Waals surface area contributed by atoms with Crippen molar-refractivity contribution in [1.29, 1.82) is 0 Å². The molecule has 3 rings (SSSR count). The molecule has 0 atom stereocenters. The van der Waals surface area contributed by atoms with Crippen molar-refractivity contribution in [2.24, 2.45) is 5.73 Å². The molecule has 0 spiro atoms. The molecule has 0 unspecified atom stereocenters. The first-order chi connectivity index (χ1) is 12.1. The van der Waals surface area contributed by atoms with Gasteiger partial charge in [-0.15, -0.1) is 0 Å². The van der Waals surface area contributed by atoms with E-state index < -0.39 is 0 Å². The number of amides is 1. The minimum absolute atomic E-state index is 0.0470. The summed E-state index contributed by atoms with van der Waals surface area (Å²) in [6.07, 6.45) is 1.86. The van der Waals surface area contributed by atoms with Gasteiger partial charge in [-0.2, -0.15) is 0 Å². The number of ether oxygens (including phenoxy) is 1. The van der Waals surface area contributed by atoms with E-state index in [1.54, 1.807) is 36.4 Å². The van der Waals surface area contributed by atoms with Gasteiger partial charge in [-0.1, -0.05) is 6.07 Å². The van der Waals surface area contributed by atoms with Gasteiger partial charge in [-0.25, -0.2) is 4.39 Å². The molecule has 0 aliphatic carbocycles. The first-order valence-corrected chi connectivity index (χ1v) is 8.40. The largest absolute Gasteiger partial charge is 0.457 e. The SMILES string of the molecule is NC1CCN(CC(=O)Nc2ccc(Oc3cccc(F)c3)cc2)CC1. The normalized spacial score (nSPS) is 15.8. The van der Waals surface area contributed by atoms with Crippen molar-refractivity contribution in [2.75, 3.05) is 25.0 Å². The van der Waals surface area contributed by atoms with E-state index in [2.05, 4.69) is 10.2 Å². The highest BCUT2D eigenvalue weighted by atomic mass is 19.1. The van der Waals surface area contributed by atoms with Gasteiger partial charge in [-0.05, 0) is 49.2 Å². The van der Waals surface area contributed by atoms with Crippen LogP contribution in [0.3, 0.4) is 0 Å². The zero-order valence-corrected chi connectivity index (χ0v) is 14.0. The second-order valence-electron chi connectivity index (χ2n) is 6.25. The van der Waals surface area contributed by atoms with Gasteiger partial charge in [-0.3, -0.25) is 9.69 Å². The number of benzene rings is 2. The monoisotopic (exact) mass is 343 g/mol. The molecule has 0 saturated carbocycles. The van der Waals surface area contributed by atoms with Gasteiger partial charge in [0.05, 0.1) is 6.54 Å². The van der Waals surface area contributed by atoms with Crippen molar-refractivity contribution in [3.05, 3.63) is 54.3 Å². The molecule has 3 N–H and O–H groups in total. The van der Waals surface area contributed by atoms with Gasteiger partial charge in [0.25, 0.3) is 0 Å². The summed E-state index contributed by atoms with van der Waals surface area (Å²) in [6.45, 7) is 2.08. The Morgan fingerprint density at radius 1 is 1.16 bits per heavy atom. The van der Waals surface area contributed by atoms with Crippen LogP contribution in [0.5, 0.6) is 11.5 Å². The summed E-state index contributed by atoms with van der Waals surface area (Å²) in [5.41, 5.74) is 6.57. The number of hydrogen-bond donors (Lipinski definition) is 2. The van der Waals surface area contributed by atoms with Crippen molar-refractivity contribution in [3.8, 4) is 11.5 Å². The third-order valence-electron chi connectivity index (χ3n) is 4.17. The van der Waals surface area contributed by atoms with E-state index in [4.69, 9.17) is 10.5 Å². The molecule has 25 heavy (non-hydrogen) atoms. The third kappa shape index (κ3) is 5.27. The molecular weight excluding hydrogens is 321 g/mol. The summed E-state index contributed by atoms with van der Waals surface area (Å²) in [5.74, 6) is 0.614. The molecule has 1 aliphatic rings. The van der Waals surface area contributed by atoms with Crippen LogP contribution in [0.15, 0.2) is 48.5 Å². The number of piperidine rings is 1. The Morgan fingerprint density at radius 2 is 1.88 bits per heavy atom. The molecule has 0 bridgehead atoms. The number of hydrogen-bond acceptors (Lipinski definition) is 4. The molecule has 1 aliphatic heterocycles. The predicted molar refractivity (Wildman–Crippen MR) is 95.2 cm³/mol. The first-order valence-electron chi connectivity index (χ1n) is 8.40. The summed E-state index contributed by atoms with van der Waals surface area (Å²) in [6, 6.07) is 13.2. The zero-order chi connectivity index (χ0) is 17.6. The molecule has 1 heterocycles. The summed E-state index contributed by atoms with van der Waals surface area (Å²) < 4.78 is 18.7. The molecule has 2 aromatic rings. The van der Waals surface area contributed by atoms with Crippen molar-refractivity contribution in [2.45, 2.75) is 18.9 Å². The minimum Gasteiger partial charge on any atom is -0.457 e. The van der Waals surface area contributed by atoms with Crippen LogP contribution in [0.25, 0.3) is 0 Å². The fraction of sp³-hybridized carbons (Fsp3) is 0.316. The van der Waals surface area contributed by atoms with Crippen LogP contribution in [-0.2, 0) is 4.79 Å². The van der Waals surface area contributed by atoms with Crippen LogP contribution in [0.2, 0.25) is 0 Å². The minimum atomic E-state index is -0.347. The topological polar surface area (TPSA) is 67.6 Å². The van der Waals surface area contributed by atoms with E-state index in [1.807, 2.05) is 0 Å². The van der Waals surface area contributed by atoms with E-state index in [-0.39, 0.29) is 17.8 Å². The molecule has 2 aromatic carbocycles. The average Bonchev–Trinajstić information content (AvgIpc) is 2.59. The number of carbonyl (C=O) groups excluding carboxylic acids is 1. The van der Waals surface area contributed by atoms with Gasteiger partial charge in [0.1, 0.15) is 17.3 Å². The number of carbonyl (C=O) groups is 1. The maximum Gasteiger partial charge on any atom is 0.238 e. The zero-order valence-electron chi connectivity index (χ0n) is 14.0. The van der Waals surface area contributed by atoms with E-state index in [1.165, 1.54) is 12.1 Å². The summed E-state index contributed by atoms with van der Waals surface area (Å²) in [5, 5.41) is 2.87. The molecule has 1 amide bonds. The van der Waals surface area contributed by atoms with Gasteiger partial charge in [0.15, 0.2) is 0 Å². The average molecular weight is 343 g/mol. The Labute approximate surface area is 146 Å². The Bertz CT molecular complexity index is 713. The molecule has 1 fully saturated rings. The Kier molecular flexibility index (Phi) is 5.63. The summed E-state index contributed by atoms with van der Waals surface area (Å²) >= 11 is 0. The lowest BCUT2D eigenvalue weighted by atomic mass is 10.1. The number of anilines is 1. The van der Waals surface area contributed by atoms with Gasteiger partial charge >= 0.3 is 0 Å². The van der Waals surface area contributed by atoms with Crippen LogP contribution in [0.1, 0.15) is 12.8 Å². The van der Waals surface area contributed by atoms with Crippen LogP contribution in [-0.4, -0.2) is 36.5 Å². The molecule has 5 nitrogen and oxygen atoms in total. The number of nitrogens with two attached hydrogens (primary N) is 1. The summed E-state index contributed by atoms with van der Waals surface area (Å²) in [7, 11) is 0. The second kappa shape index (κ2) is 8.09. The standard InChI is InChI=1S/C19H22FN3O2/c20-14-2-1-3-18(12-14)25-17-6-4-16(5-7-17)22-19(24)13-23-10-8-15(21)9-11-23/h1-7,12,15H,8-11,13,21H2,(H,22,24). The molecule has 132 valence electrons. The highest BCUT2D eigenvalue weighted by molar-refractivity contribution is 5.92. The van der Waals surface area contributed by atoms with Gasteiger partial charge in [0, 0.05) is 30.9 Å². The molecule has 0 aromatic heterocycles. The van der Waals surface area contributed by atoms with Crippen molar-refractivity contribution < 1.29 is 13.9 Å². The smallest absolute Gasteiger partial charge is 0.238 e. The first kappa shape index (κ1) is 17.4. The number of rotatable bonds is 5. The summed E-state index contributed by atoms with van der Waals surface area (Å²) in [4.78, 5) is 14.2. The van der Waals surface area contributed by atoms with E-state index in [9.17, 15) is 9.18 Å². The maximum atomic E-state index is 13.2. The number of halogens is 1. The molecule has 1 saturated heterocycles. The molecule has 6 heteroatoms. The Morgan fingerprint density at radius 3 is 2.56 bits per heavy atom. The van der Waals surface area contributed by atoms with Crippen molar-refractivity contribution >= 4 is 11.6 Å². The molecule has 0 radical (unpaired) electrons. The Hall–Kier alpha value is -2.44. The van der Waals surface area contributed by atoms with Crippen LogP contribution in [0, 0.1) is 5.82 Å². The Balaban J connectivity index is 1.51. The number of nitrogens with zero attached hydrogens (tertiary/aromatic N) is 1. The number of likely N-dealkylation sites (tertiary alicyclic amines) is 1. The lowest BCUT2D eigenvalue weighted by Crippen LogP contribution is -2.43. The third-order valence-corrected chi connectivity index (χ3v) is 4.17. The second-order valence-corrected chi connectivity index (χ2v) is 6.25. The lowest BCUT2D eigenvalue weighted by Gasteiger charge is -2.29. The van der Waals surface area contributed by atoms with Crippen molar-refractivity contribution in [1.82, 2.24) is 4.90 Å².